The third-order valence-corrected chi connectivity index (χ3v) is 7.69. The van der Waals surface area contributed by atoms with Crippen molar-refractivity contribution in [3.63, 3.8) is 0 Å². The first kappa shape index (κ1) is 23.4. The van der Waals surface area contributed by atoms with Crippen molar-refractivity contribution in [3.8, 4) is 11.5 Å². The summed E-state index contributed by atoms with van der Waals surface area (Å²) in [6.45, 7) is 8.11. The van der Waals surface area contributed by atoms with Crippen molar-refractivity contribution >= 4 is 55.4 Å². The predicted octanol–water partition coefficient (Wildman–Crippen LogP) is 5.06. The molecule has 2 amide bonds. The summed E-state index contributed by atoms with van der Waals surface area (Å²) in [4.78, 5) is 32.5. The topological polar surface area (TPSA) is 88.6 Å². The number of ether oxygens (including phenoxy) is 2. The number of carbonyl (C=O) groups is 2. The van der Waals surface area contributed by atoms with Crippen LogP contribution in [0.4, 0.5) is 0 Å². The van der Waals surface area contributed by atoms with E-state index in [4.69, 9.17) is 9.47 Å². The molecule has 0 saturated heterocycles. The van der Waals surface area contributed by atoms with Gasteiger partial charge in [0.05, 0.1) is 36.4 Å². The molecule has 0 spiro atoms. The van der Waals surface area contributed by atoms with E-state index in [-0.39, 0.29) is 11.8 Å². The number of nitrogens with zero attached hydrogens (tertiary/aromatic N) is 2. The fourth-order valence-electron chi connectivity index (χ4n) is 5.87. The molecule has 0 bridgehead atoms. The Morgan fingerprint density at radius 1 is 0.865 bits per heavy atom. The highest BCUT2D eigenvalue weighted by atomic mass is 16.5. The van der Waals surface area contributed by atoms with Crippen molar-refractivity contribution in [3.05, 3.63) is 47.5 Å². The van der Waals surface area contributed by atoms with E-state index in [2.05, 4.69) is 33.6 Å². The van der Waals surface area contributed by atoms with Gasteiger partial charge in [0.2, 0.25) is 0 Å². The van der Waals surface area contributed by atoms with Crippen LogP contribution in [0.5, 0.6) is 11.5 Å². The molecule has 3 heterocycles. The highest BCUT2D eigenvalue weighted by Crippen LogP contribution is 2.44. The number of nitrogens with one attached hydrogen (secondary N) is 2. The van der Waals surface area contributed by atoms with Crippen molar-refractivity contribution in [1.82, 2.24) is 19.8 Å². The number of aromatic nitrogens is 2. The Morgan fingerprint density at radius 2 is 1.51 bits per heavy atom. The minimum Gasteiger partial charge on any atom is -0.497 e. The van der Waals surface area contributed by atoms with E-state index in [0.29, 0.717) is 22.6 Å². The lowest BCUT2D eigenvalue weighted by Crippen LogP contribution is -2.24. The second-order valence-corrected chi connectivity index (χ2v) is 9.46. The first-order chi connectivity index (χ1) is 18.0. The van der Waals surface area contributed by atoms with E-state index < -0.39 is 0 Å². The van der Waals surface area contributed by atoms with Crippen LogP contribution in [0.3, 0.4) is 0 Å². The molecule has 6 rings (SSSR count). The smallest absolute Gasteiger partial charge is 0.259 e. The maximum absolute atomic E-state index is 13.3. The fourth-order valence-corrected chi connectivity index (χ4v) is 5.87. The van der Waals surface area contributed by atoms with Gasteiger partial charge in [-0.1, -0.05) is 13.8 Å². The molecule has 0 saturated carbocycles. The third-order valence-electron chi connectivity index (χ3n) is 7.69. The highest BCUT2D eigenvalue weighted by molar-refractivity contribution is 6.39. The highest BCUT2D eigenvalue weighted by Gasteiger charge is 2.35. The number of hydrogen-bond acceptors (Lipinski definition) is 5. The summed E-state index contributed by atoms with van der Waals surface area (Å²) in [6, 6.07) is 11.7. The Balaban J connectivity index is 1.75. The molecule has 3 aromatic carbocycles. The Bertz CT molecular complexity index is 1730. The van der Waals surface area contributed by atoms with Gasteiger partial charge in [0.15, 0.2) is 0 Å². The lowest BCUT2D eigenvalue weighted by molar-refractivity contribution is 0.0880. The number of methoxy groups -OCH3 is 2. The molecule has 1 aliphatic heterocycles. The summed E-state index contributed by atoms with van der Waals surface area (Å²) >= 11 is 0. The summed E-state index contributed by atoms with van der Waals surface area (Å²) < 4.78 is 13.3. The molecule has 0 unspecified atom stereocenters. The standard InChI is InChI=1S/C29H30N4O4/c1-5-32(6-2)12-7-13-33-21-11-9-17(37-4)15-19(21)23-25-24(28(34)31-29(25)35)22-18-14-16(36-3)8-10-20(18)30-26(22)27(23)33/h8-11,14-15,30H,5-7,12-13H2,1-4H3,(H,31,34,35). The van der Waals surface area contributed by atoms with Gasteiger partial charge in [-0.15, -0.1) is 0 Å². The Kier molecular flexibility index (Phi) is 5.56. The predicted molar refractivity (Wildman–Crippen MR) is 146 cm³/mol. The zero-order chi connectivity index (χ0) is 25.8. The lowest BCUT2D eigenvalue weighted by atomic mass is 9.96. The molecule has 8 heteroatoms. The number of aryl methyl sites for hydroxylation is 1. The van der Waals surface area contributed by atoms with Crippen molar-refractivity contribution in [1.29, 1.82) is 0 Å². The molecule has 37 heavy (non-hydrogen) atoms. The number of benzene rings is 3. The minimum atomic E-state index is -0.374. The number of imide groups is 1. The zero-order valence-corrected chi connectivity index (χ0v) is 21.5. The Labute approximate surface area is 214 Å². The van der Waals surface area contributed by atoms with Crippen LogP contribution in [-0.4, -0.2) is 60.1 Å². The van der Waals surface area contributed by atoms with Crippen molar-refractivity contribution in [2.24, 2.45) is 0 Å². The summed E-state index contributed by atoms with van der Waals surface area (Å²) in [7, 11) is 3.25. The number of amides is 2. The number of hydrogen-bond donors (Lipinski definition) is 2. The van der Waals surface area contributed by atoms with Gasteiger partial charge in [-0.2, -0.15) is 0 Å². The Morgan fingerprint density at radius 3 is 2.19 bits per heavy atom. The summed E-state index contributed by atoms with van der Waals surface area (Å²) in [6.07, 6.45) is 0.949. The molecule has 2 aromatic heterocycles. The van der Waals surface area contributed by atoms with E-state index in [1.165, 1.54) is 0 Å². The van der Waals surface area contributed by atoms with Crippen molar-refractivity contribution in [2.75, 3.05) is 33.9 Å². The molecule has 1 aliphatic rings. The van der Waals surface area contributed by atoms with Crippen LogP contribution in [-0.2, 0) is 6.54 Å². The van der Waals surface area contributed by atoms with Crippen LogP contribution < -0.4 is 14.8 Å². The minimum absolute atomic E-state index is 0.367. The average molecular weight is 499 g/mol. The lowest BCUT2D eigenvalue weighted by Gasteiger charge is -2.18. The molecule has 8 nitrogen and oxygen atoms in total. The van der Waals surface area contributed by atoms with E-state index in [0.717, 1.165) is 76.2 Å². The fraction of sp³-hybridized carbons (Fsp3) is 0.310. The monoisotopic (exact) mass is 498 g/mol. The molecule has 0 fully saturated rings. The largest absolute Gasteiger partial charge is 0.497 e. The van der Waals surface area contributed by atoms with Crippen LogP contribution in [0.1, 0.15) is 41.0 Å². The van der Waals surface area contributed by atoms with Crippen LogP contribution >= 0.6 is 0 Å². The average Bonchev–Trinajstić information content (AvgIpc) is 3.54. The quantitative estimate of drug-likeness (QED) is 0.292. The van der Waals surface area contributed by atoms with Gasteiger partial charge in [-0.05, 0) is 62.5 Å². The number of aromatic amines is 1. The molecule has 5 aromatic rings. The first-order valence-corrected chi connectivity index (χ1v) is 12.7. The van der Waals surface area contributed by atoms with Crippen molar-refractivity contribution in [2.45, 2.75) is 26.8 Å². The van der Waals surface area contributed by atoms with Gasteiger partial charge in [-0.25, -0.2) is 0 Å². The third kappa shape index (κ3) is 3.39. The van der Waals surface area contributed by atoms with E-state index in [1.807, 2.05) is 36.4 Å². The number of fused-ring (bicyclic) bond motifs is 10. The van der Waals surface area contributed by atoms with Crippen LogP contribution in [0.25, 0.3) is 43.6 Å². The number of carbonyl (C=O) groups excluding carboxylic acids is 2. The van der Waals surface area contributed by atoms with Gasteiger partial charge < -0.3 is 23.9 Å². The first-order valence-electron chi connectivity index (χ1n) is 12.7. The molecule has 0 aliphatic carbocycles. The Hall–Kier alpha value is -4.04. The molecular weight excluding hydrogens is 468 g/mol. The van der Waals surface area contributed by atoms with Gasteiger partial charge in [0, 0.05) is 39.1 Å². The molecule has 2 N–H and O–H groups in total. The molecular formula is C29H30N4O4. The van der Waals surface area contributed by atoms with Gasteiger partial charge in [0.25, 0.3) is 11.8 Å². The van der Waals surface area contributed by atoms with E-state index >= 15 is 0 Å². The van der Waals surface area contributed by atoms with Crippen LogP contribution in [0, 0.1) is 0 Å². The molecule has 0 radical (unpaired) electrons. The van der Waals surface area contributed by atoms with Crippen molar-refractivity contribution < 1.29 is 19.1 Å². The van der Waals surface area contributed by atoms with Crippen LogP contribution in [0.15, 0.2) is 36.4 Å². The maximum atomic E-state index is 13.3. The normalized spacial score (nSPS) is 13.4. The zero-order valence-electron chi connectivity index (χ0n) is 21.5. The summed E-state index contributed by atoms with van der Waals surface area (Å²) in [5.41, 5.74) is 4.51. The van der Waals surface area contributed by atoms with E-state index in [9.17, 15) is 9.59 Å². The van der Waals surface area contributed by atoms with Gasteiger partial charge in [0.1, 0.15) is 11.5 Å². The van der Waals surface area contributed by atoms with Crippen LogP contribution in [0.2, 0.25) is 0 Å². The number of rotatable bonds is 8. The number of H-pyrrole nitrogens is 1. The van der Waals surface area contributed by atoms with Gasteiger partial charge in [-0.3, -0.25) is 14.9 Å². The maximum Gasteiger partial charge on any atom is 0.259 e. The van der Waals surface area contributed by atoms with Gasteiger partial charge >= 0.3 is 0 Å². The SMILES string of the molecule is CCN(CC)CCCn1c2ccc(OC)cc2c2c3c(c4c5cc(OC)ccc5[nH]c4c21)C(=O)NC3=O. The summed E-state index contributed by atoms with van der Waals surface area (Å²) in [5.74, 6) is 0.654. The second-order valence-electron chi connectivity index (χ2n) is 9.46. The van der Waals surface area contributed by atoms with E-state index in [1.54, 1.807) is 14.2 Å². The summed E-state index contributed by atoms with van der Waals surface area (Å²) in [5, 5.41) is 5.84. The second kappa shape index (κ2) is 8.81. The molecule has 190 valence electrons. The molecule has 0 atom stereocenters.